The number of nitrogens with one attached hydrogen (secondary N) is 1. The van der Waals surface area contributed by atoms with Gasteiger partial charge in [0.25, 0.3) is 0 Å². The SMILES string of the molecule is CCC(C)NCc1ccc(-c2ccc(C(=O)O)cc2)o1. The minimum atomic E-state index is -0.922. The molecule has 4 nitrogen and oxygen atoms in total. The van der Waals surface area contributed by atoms with Gasteiger partial charge in [-0.2, -0.15) is 0 Å². The van der Waals surface area contributed by atoms with Crippen LogP contribution in [0.3, 0.4) is 0 Å². The van der Waals surface area contributed by atoms with Gasteiger partial charge in [0.1, 0.15) is 11.5 Å². The molecule has 0 aliphatic heterocycles. The third kappa shape index (κ3) is 3.48. The van der Waals surface area contributed by atoms with Crippen LogP contribution in [0, 0.1) is 0 Å². The minimum absolute atomic E-state index is 0.277. The van der Waals surface area contributed by atoms with Gasteiger partial charge in [0.2, 0.25) is 0 Å². The van der Waals surface area contributed by atoms with Crippen LogP contribution >= 0.6 is 0 Å². The fraction of sp³-hybridized carbons (Fsp3) is 0.312. The van der Waals surface area contributed by atoms with Gasteiger partial charge in [-0.15, -0.1) is 0 Å². The zero-order valence-electron chi connectivity index (χ0n) is 11.7. The normalized spacial score (nSPS) is 12.3. The summed E-state index contributed by atoms with van der Waals surface area (Å²) >= 11 is 0. The Balaban J connectivity index is 2.06. The topological polar surface area (TPSA) is 62.5 Å². The summed E-state index contributed by atoms with van der Waals surface area (Å²) in [5.74, 6) is 0.708. The first-order chi connectivity index (χ1) is 9.60. The molecule has 1 atom stereocenters. The van der Waals surface area contributed by atoms with E-state index in [1.54, 1.807) is 24.3 Å². The summed E-state index contributed by atoms with van der Waals surface area (Å²) in [6.07, 6.45) is 1.07. The molecule has 0 radical (unpaired) electrons. The molecule has 106 valence electrons. The fourth-order valence-electron chi connectivity index (χ4n) is 1.82. The van der Waals surface area contributed by atoms with Crippen molar-refractivity contribution in [1.29, 1.82) is 0 Å². The van der Waals surface area contributed by atoms with Gasteiger partial charge in [-0.25, -0.2) is 4.79 Å². The molecule has 0 aliphatic rings. The van der Waals surface area contributed by atoms with Crippen LogP contribution in [0.25, 0.3) is 11.3 Å². The van der Waals surface area contributed by atoms with Crippen molar-refractivity contribution in [3.8, 4) is 11.3 Å². The molecule has 20 heavy (non-hydrogen) atoms. The standard InChI is InChI=1S/C16H19NO3/c1-3-11(2)17-10-14-8-9-15(20-14)12-4-6-13(7-5-12)16(18)19/h4-9,11,17H,3,10H2,1-2H3,(H,18,19). The molecular weight excluding hydrogens is 254 g/mol. The smallest absolute Gasteiger partial charge is 0.335 e. The van der Waals surface area contributed by atoms with Gasteiger partial charge >= 0.3 is 5.97 Å². The Labute approximate surface area is 118 Å². The molecular formula is C16H19NO3. The van der Waals surface area contributed by atoms with Crippen molar-refractivity contribution in [3.05, 3.63) is 47.7 Å². The van der Waals surface area contributed by atoms with E-state index in [9.17, 15) is 4.79 Å². The van der Waals surface area contributed by atoms with Gasteiger partial charge in [0.05, 0.1) is 12.1 Å². The second-order valence-corrected chi connectivity index (χ2v) is 4.84. The van der Waals surface area contributed by atoms with Gasteiger partial charge in [0, 0.05) is 11.6 Å². The summed E-state index contributed by atoms with van der Waals surface area (Å²) in [5.41, 5.74) is 1.16. The predicted molar refractivity (Wildman–Crippen MR) is 77.7 cm³/mol. The van der Waals surface area contributed by atoms with Crippen LogP contribution in [0.2, 0.25) is 0 Å². The lowest BCUT2D eigenvalue weighted by Crippen LogP contribution is -2.24. The molecule has 0 saturated heterocycles. The molecule has 0 fully saturated rings. The molecule has 0 saturated carbocycles. The molecule has 2 N–H and O–H groups in total. The highest BCUT2D eigenvalue weighted by Crippen LogP contribution is 2.22. The monoisotopic (exact) mass is 273 g/mol. The molecule has 0 spiro atoms. The number of carboxylic acid groups (broad SMARTS) is 1. The zero-order valence-corrected chi connectivity index (χ0v) is 11.7. The number of hydrogen-bond donors (Lipinski definition) is 2. The largest absolute Gasteiger partial charge is 0.478 e. The van der Waals surface area contributed by atoms with Crippen molar-refractivity contribution in [2.24, 2.45) is 0 Å². The highest BCUT2D eigenvalue weighted by molar-refractivity contribution is 5.88. The summed E-state index contributed by atoms with van der Waals surface area (Å²) in [5, 5.41) is 12.2. The Morgan fingerprint density at radius 3 is 2.55 bits per heavy atom. The predicted octanol–water partition coefficient (Wildman–Crippen LogP) is 3.53. The van der Waals surface area contributed by atoms with Crippen molar-refractivity contribution in [2.45, 2.75) is 32.9 Å². The third-order valence-corrected chi connectivity index (χ3v) is 3.32. The number of hydrogen-bond acceptors (Lipinski definition) is 3. The fourth-order valence-corrected chi connectivity index (χ4v) is 1.82. The summed E-state index contributed by atoms with van der Waals surface area (Å²) in [6.45, 7) is 4.96. The average molecular weight is 273 g/mol. The van der Waals surface area contributed by atoms with E-state index in [1.165, 1.54) is 0 Å². The van der Waals surface area contributed by atoms with Crippen molar-refractivity contribution in [2.75, 3.05) is 0 Å². The number of aromatic carboxylic acids is 1. The lowest BCUT2D eigenvalue weighted by Gasteiger charge is -2.08. The molecule has 4 heteroatoms. The maximum atomic E-state index is 10.8. The number of furan rings is 1. The van der Waals surface area contributed by atoms with Crippen LogP contribution in [0.1, 0.15) is 36.4 Å². The summed E-state index contributed by atoms with van der Waals surface area (Å²) in [4.78, 5) is 10.8. The minimum Gasteiger partial charge on any atom is -0.478 e. The molecule has 2 aromatic rings. The molecule has 1 aromatic carbocycles. The molecule has 1 aromatic heterocycles. The Morgan fingerprint density at radius 2 is 1.95 bits per heavy atom. The Morgan fingerprint density at radius 1 is 1.25 bits per heavy atom. The van der Waals surface area contributed by atoms with Gasteiger partial charge in [-0.3, -0.25) is 0 Å². The van der Waals surface area contributed by atoms with Crippen LogP contribution in [0.5, 0.6) is 0 Å². The van der Waals surface area contributed by atoms with Crippen LogP contribution < -0.4 is 5.32 Å². The zero-order chi connectivity index (χ0) is 14.5. The van der Waals surface area contributed by atoms with Gasteiger partial charge in [0.15, 0.2) is 0 Å². The lowest BCUT2D eigenvalue weighted by atomic mass is 10.1. The van der Waals surface area contributed by atoms with E-state index in [2.05, 4.69) is 19.2 Å². The molecule has 1 unspecified atom stereocenters. The van der Waals surface area contributed by atoms with Gasteiger partial charge < -0.3 is 14.8 Å². The van der Waals surface area contributed by atoms with Gasteiger partial charge in [-0.05, 0) is 37.6 Å². The van der Waals surface area contributed by atoms with E-state index in [0.717, 1.165) is 23.5 Å². The van der Waals surface area contributed by atoms with E-state index >= 15 is 0 Å². The number of rotatable bonds is 6. The molecule has 0 bridgehead atoms. The van der Waals surface area contributed by atoms with E-state index < -0.39 is 5.97 Å². The van der Waals surface area contributed by atoms with E-state index in [4.69, 9.17) is 9.52 Å². The Hall–Kier alpha value is -2.07. The summed E-state index contributed by atoms with van der Waals surface area (Å²) in [6, 6.07) is 11.0. The quantitative estimate of drug-likeness (QED) is 0.845. The lowest BCUT2D eigenvalue weighted by molar-refractivity contribution is 0.0697. The molecule has 0 amide bonds. The summed E-state index contributed by atoms with van der Waals surface area (Å²) < 4.78 is 5.76. The molecule has 0 aliphatic carbocycles. The Kier molecular flexibility index (Phi) is 4.58. The first-order valence-electron chi connectivity index (χ1n) is 6.76. The van der Waals surface area contributed by atoms with Crippen molar-refractivity contribution < 1.29 is 14.3 Å². The third-order valence-electron chi connectivity index (χ3n) is 3.32. The Bertz CT molecular complexity index is 572. The van der Waals surface area contributed by atoms with Gasteiger partial charge in [-0.1, -0.05) is 19.1 Å². The van der Waals surface area contributed by atoms with E-state index in [-0.39, 0.29) is 5.56 Å². The highest BCUT2D eigenvalue weighted by atomic mass is 16.4. The molecule has 1 heterocycles. The first kappa shape index (κ1) is 14.3. The van der Waals surface area contributed by atoms with Crippen LogP contribution in [0.15, 0.2) is 40.8 Å². The van der Waals surface area contributed by atoms with Crippen LogP contribution in [-0.2, 0) is 6.54 Å². The highest BCUT2D eigenvalue weighted by Gasteiger charge is 2.07. The number of carboxylic acids is 1. The van der Waals surface area contributed by atoms with Crippen molar-refractivity contribution in [1.82, 2.24) is 5.32 Å². The maximum Gasteiger partial charge on any atom is 0.335 e. The number of carbonyl (C=O) groups is 1. The average Bonchev–Trinajstić information content (AvgIpc) is 2.93. The van der Waals surface area contributed by atoms with Crippen molar-refractivity contribution in [3.63, 3.8) is 0 Å². The van der Waals surface area contributed by atoms with Crippen LogP contribution in [-0.4, -0.2) is 17.1 Å². The van der Waals surface area contributed by atoms with Crippen LogP contribution in [0.4, 0.5) is 0 Å². The molecule has 2 rings (SSSR count). The maximum absolute atomic E-state index is 10.8. The summed E-state index contributed by atoms with van der Waals surface area (Å²) in [7, 11) is 0. The second kappa shape index (κ2) is 6.39. The second-order valence-electron chi connectivity index (χ2n) is 4.84. The van der Waals surface area contributed by atoms with E-state index in [1.807, 2.05) is 12.1 Å². The van der Waals surface area contributed by atoms with E-state index in [0.29, 0.717) is 12.6 Å². The van der Waals surface area contributed by atoms with Crippen molar-refractivity contribution >= 4 is 5.97 Å². The first-order valence-corrected chi connectivity index (χ1v) is 6.76. The number of benzene rings is 1.